The minimum Gasteiger partial charge on any atom is -0.368 e. The number of hydrogen-bond acceptors (Lipinski definition) is 7. The van der Waals surface area contributed by atoms with Gasteiger partial charge in [-0.2, -0.15) is 5.21 Å². The Morgan fingerprint density at radius 1 is 1.17 bits per heavy atom. The molecule has 5 rings (SSSR count). The van der Waals surface area contributed by atoms with Crippen LogP contribution in [-0.4, -0.2) is 56.5 Å². The van der Waals surface area contributed by atoms with E-state index in [1.165, 1.54) is 12.1 Å². The maximum Gasteiger partial charge on any atom is 0.244 e. The van der Waals surface area contributed by atoms with E-state index >= 15 is 0 Å². The lowest BCUT2D eigenvalue weighted by molar-refractivity contribution is -0.128. The molecular formula is C29H34F2N8O3. The fourth-order valence-electron chi connectivity index (χ4n) is 6.08. The third-order valence-electron chi connectivity index (χ3n) is 8.35. The third kappa shape index (κ3) is 5.87. The van der Waals surface area contributed by atoms with E-state index in [1.54, 1.807) is 4.90 Å². The molecule has 0 bridgehead atoms. The summed E-state index contributed by atoms with van der Waals surface area (Å²) in [6.45, 7) is 2.50. The Bertz CT molecular complexity index is 1470. The van der Waals surface area contributed by atoms with E-state index in [0.717, 1.165) is 29.3 Å². The van der Waals surface area contributed by atoms with Gasteiger partial charge in [0.25, 0.3) is 0 Å². The van der Waals surface area contributed by atoms with Crippen LogP contribution in [-0.2, 0) is 40.2 Å². The van der Waals surface area contributed by atoms with E-state index in [9.17, 15) is 23.2 Å². The predicted octanol–water partition coefficient (Wildman–Crippen LogP) is 1.86. The van der Waals surface area contributed by atoms with Crippen LogP contribution in [0.1, 0.15) is 55.1 Å². The van der Waals surface area contributed by atoms with Crippen LogP contribution in [0.25, 0.3) is 0 Å². The first-order valence-corrected chi connectivity index (χ1v) is 14.1. The van der Waals surface area contributed by atoms with E-state index in [4.69, 9.17) is 5.73 Å². The molecule has 0 radical (unpaired) electrons. The predicted molar refractivity (Wildman–Crippen MR) is 149 cm³/mol. The molecule has 3 aromatic rings. The number of nitrogens with one attached hydrogen (secondary N) is 3. The number of aromatic nitrogens is 4. The number of para-hydroxylation sites is 1. The smallest absolute Gasteiger partial charge is 0.244 e. The monoisotopic (exact) mass is 580 g/mol. The number of tetrazole rings is 1. The normalized spacial score (nSPS) is 19.2. The van der Waals surface area contributed by atoms with Gasteiger partial charge in [0.15, 0.2) is 17.5 Å². The lowest BCUT2D eigenvalue weighted by Gasteiger charge is -2.37. The van der Waals surface area contributed by atoms with Gasteiger partial charge in [-0.3, -0.25) is 19.3 Å². The van der Waals surface area contributed by atoms with E-state index in [0.29, 0.717) is 44.5 Å². The number of aryl methyl sites for hydroxylation is 1. The Labute approximate surface area is 241 Å². The summed E-state index contributed by atoms with van der Waals surface area (Å²) in [5.74, 6) is -3.01. The molecule has 3 atom stereocenters. The first-order valence-electron chi connectivity index (χ1n) is 14.1. The second-order valence-electron chi connectivity index (χ2n) is 11.1. The van der Waals surface area contributed by atoms with Crippen LogP contribution >= 0.6 is 0 Å². The number of carbonyl (C=O) groups excluding carboxylic acids is 3. The quantitative estimate of drug-likeness (QED) is 0.255. The van der Waals surface area contributed by atoms with Gasteiger partial charge in [0, 0.05) is 31.0 Å². The number of nitrogens with two attached hydrogens (primary N) is 1. The van der Waals surface area contributed by atoms with Gasteiger partial charge in [-0.05, 0) is 48.8 Å². The molecule has 2 aromatic carbocycles. The van der Waals surface area contributed by atoms with Crippen LogP contribution in [0.2, 0.25) is 0 Å². The van der Waals surface area contributed by atoms with Gasteiger partial charge in [0.05, 0.1) is 18.7 Å². The van der Waals surface area contributed by atoms with Crippen molar-refractivity contribution in [2.45, 2.75) is 70.0 Å². The lowest BCUT2D eigenvalue weighted by atomic mass is 9.83. The van der Waals surface area contributed by atoms with Crippen molar-refractivity contribution >= 4 is 23.4 Å². The highest BCUT2D eigenvalue weighted by Gasteiger charge is 2.52. The van der Waals surface area contributed by atoms with Crippen molar-refractivity contribution in [2.75, 3.05) is 11.4 Å². The molecule has 11 nitrogen and oxygen atoms in total. The van der Waals surface area contributed by atoms with Gasteiger partial charge in [0.2, 0.25) is 17.7 Å². The number of carbonyl (C=O) groups is 3. The third-order valence-corrected chi connectivity index (χ3v) is 8.35. The number of nitrogens with zero attached hydrogens (tertiary/aromatic N) is 4. The molecule has 42 heavy (non-hydrogen) atoms. The highest BCUT2D eigenvalue weighted by molar-refractivity contribution is 6.07. The zero-order chi connectivity index (χ0) is 29.9. The van der Waals surface area contributed by atoms with Crippen LogP contribution in [0.5, 0.6) is 0 Å². The second-order valence-corrected chi connectivity index (χ2v) is 11.1. The maximum absolute atomic E-state index is 14.2. The van der Waals surface area contributed by atoms with Crippen LogP contribution in [0.3, 0.4) is 0 Å². The topological polar surface area (TPSA) is 159 Å². The zero-order valence-corrected chi connectivity index (χ0v) is 23.3. The molecule has 222 valence electrons. The standard InChI is InChI=1S/C29H34F2N8O3/c1-17(11-12-29(28(32)42)14-20-8-2-5-18-6-4-10-25(41)39(29)27(18)20)22(15-33-16-23-35-37-38-36-23)34-24(40)13-19-7-3-9-21(30)26(19)31/h2-3,5,7-9,17,22,33H,4,6,10-16H2,1H3,(H2,32,42)(H,34,40)(H,35,36,37,38)/t17-,22+,29?/m0/s1. The number of benzene rings is 2. The Morgan fingerprint density at radius 2 is 1.95 bits per heavy atom. The van der Waals surface area contributed by atoms with Crippen LogP contribution in [0.15, 0.2) is 36.4 Å². The summed E-state index contributed by atoms with van der Waals surface area (Å²) < 4.78 is 28.0. The summed E-state index contributed by atoms with van der Waals surface area (Å²) in [4.78, 5) is 41.1. The molecule has 3 amide bonds. The number of anilines is 1. The van der Waals surface area contributed by atoms with Crippen molar-refractivity contribution in [1.29, 1.82) is 0 Å². The Hall–Kier alpha value is -4.26. The summed E-state index contributed by atoms with van der Waals surface area (Å²) >= 11 is 0. The molecule has 0 saturated carbocycles. The summed E-state index contributed by atoms with van der Waals surface area (Å²) in [6, 6.07) is 9.13. The highest BCUT2D eigenvalue weighted by atomic mass is 19.2. The molecule has 13 heteroatoms. The molecule has 5 N–H and O–H groups in total. The number of amides is 3. The zero-order valence-electron chi connectivity index (χ0n) is 23.3. The van der Waals surface area contributed by atoms with Crippen molar-refractivity contribution in [3.8, 4) is 0 Å². The van der Waals surface area contributed by atoms with Crippen molar-refractivity contribution in [3.63, 3.8) is 0 Å². The van der Waals surface area contributed by atoms with Crippen molar-refractivity contribution in [1.82, 2.24) is 31.3 Å². The molecule has 0 spiro atoms. The number of hydrogen-bond donors (Lipinski definition) is 4. The number of aromatic amines is 1. The van der Waals surface area contributed by atoms with E-state index < -0.39 is 35.0 Å². The SMILES string of the molecule is C[C@@H](CCC1(C(N)=O)Cc2cccc3c2N1C(=O)CCC3)[C@@H](CNCc1nn[nH]n1)NC(=O)Cc1cccc(F)c1F. The molecule has 0 saturated heterocycles. The summed E-state index contributed by atoms with van der Waals surface area (Å²) in [6.07, 6.45) is 2.50. The minimum atomic E-state index is -1.22. The Morgan fingerprint density at radius 3 is 2.71 bits per heavy atom. The second kappa shape index (κ2) is 12.3. The Balaban J connectivity index is 1.33. The molecule has 2 aliphatic heterocycles. The van der Waals surface area contributed by atoms with Gasteiger partial charge in [-0.15, -0.1) is 10.2 Å². The van der Waals surface area contributed by atoms with Gasteiger partial charge in [0.1, 0.15) is 5.54 Å². The van der Waals surface area contributed by atoms with Crippen molar-refractivity contribution < 1.29 is 23.2 Å². The fraction of sp³-hybridized carbons (Fsp3) is 0.448. The number of rotatable bonds is 12. The fourth-order valence-corrected chi connectivity index (χ4v) is 6.08. The molecule has 1 aromatic heterocycles. The average Bonchev–Trinajstić information content (AvgIpc) is 3.56. The average molecular weight is 581 g/mol. The van der Waals surface area contributed by atoms with Crippen LogP contribution in [0, 0.1) is 17.6 Å². The van der Waals surface area contributed by atoms with Crippen LogP contribution in [0.4, 0.5) is 14.5 Å². The largest absolute Gasteiger partial charge is 0.368 e. The molecular weight excluding hydrogens is 546 g/mol. The van der Waals surface area contributed by atoms with Crippen molar-refractivity contribution in [3.05, 3.63) is 70.5 Å². The molecule has 3 heterocycles. The summed E-state index contributed by atoms with van der Waals surface area (Å²) in [5, 5.41) is 19.9. The molecule has 0 fully saturated rings. The Kier molecular flexibility index (Phi) is 8.57. The van der Waals surface area contributed by atoms with Gasteiger partial charge in [-0.1, -0.05) is 42.5 Å². The van der Waals surface area contributed by atoms with E-state index in [2.05, 4.69) is 31.3 Å². The lowest BCUT2D eigenvalue weighted by Crippen LogP contribution is -2.59. The summed E-state index contributed by atoms with van der Waals surface area (Å²) in [5.41, 5.74) is 7.55. The van der Waals surface area contributed by atoms with E-state index in [-0.39, 0.29) is 30.4 Å². The van der Waals surface area contributed by atoms with E-state index in [1.807, 2.05) is 25.1 Å². The first-order chi connectivity index (χ1) is 20.2. The molecule has 2 aliphatic rings. The first kappa shape index (κ1) is 29.2. The molecule has 1 unspecified atom stereocenters. The highest BCUT2D eigenvalue weighted by Crippen LogP contribution is 2.46. The van der Waals surface area contributed by atoms with Crippen molar-refractivity contribution in [2.24, 2.45) is 11.7 Å². The maximum atomic E-state index is 14.2. The number of halogens is 2. The number of H-pyrrole nitrogens is 1. The minimum absolute atomic E-state index is 0.0504. The van der Waals surface area contributed by atoms with Gasteiger partial charge < -0.3 is 16.4 Å². The summed E-state index contributed by atoms with van der Waals surface area (Å²) in [7, 11) is 0. The van der Waals surface area contributed by atoms with Gasteiger partial charge >= 0.3 is 0 Å². The van der Waals surface area contributed by atoms with Crippen LogP contribution < -0.4 is 21.3 Å². The molecule has 0 aliphatic carbocycles. The van der Waals surface area contributed by atoms with Gasteiger partial charge in [-0.25, -0.2) is 8.78 Å². The number of primary amides is 1.